The van der Waals surface area contributed by atoms with Gasteiger partial charge in [0.25, 0.3) is 11.5 Å². The number of rotatable bonds is 5. The Labute approximate surface area is 170 Å². The van der Waals surface area contributed by atoms with Gasteiger partial charge in [0, 0.05) is 12.1 Å². The maximum Gasteiger partial charge on any atom is 0.351 e. The summed E-state index contributed by atoms with van der Waals surface area (Å²) in [4.78, 5) is 37.7. The summed E-state index contributed by atoms with van der Waals surface area (Å²) < 4.78 is 12.0. The first-order valence-corrected chi connectivity index (χ1v) is 8.73. The Morgan fingerprint density at radius 3 is 2.38 bits per heavy atom. The summed E-state index contributed by atoms with van der Waals surface area (Å²) in [6.07, 6.45) is 0. The lowest BCUT2D eigenvalue weighted by atomic mass is 10.2. The van der Waals surface area contributed by atoms with E-state index in [-0.39, 0.29) is 5.69 Å². The van der Waals surface area contributed by atoms with Gasteiger partial charge in [0.2, 0.25) is 5.69 Å². The lowest BCUT2D eigenvalue weighted by Crippen LogP contribution is -2.43. The van der Waals surface area contributed by atoms with Crippen molar-refractivity contribution in [3.63, 3.8) is 0 Å². The summed E-state index contributed by atoms with van der Waals surface area (Å²) in [5.41, 5.74) is -1.38. The van der Waals surface area contributed by atoms with Crippen molar-refractivity contribution in [3.05, 3.63) is 74.0 Å². The van der Waals surface area contributed by atoms with Crippen LogP contribution in [-0.4, -0.2) is 34.5 Å². The zero-order valence-corrected chi connectivity index (χ0v) is 16.6. The van der Waals surface area contributed by atoms with Gasteiger partial charge in [-0.25, -0.2) is 4.79 Å². The van der Waals surface area contributed by atoms with E-state index in [2.05, 4.69) is 10.4 Å². The summed E-state index contributed by atoms with van der Waals surface area (Å²) in [7, 11) is 4.21. The minimum Gasteiger partial charge on any atom is -0.497 e. The van der Waals surface area contributed by atoms with Crippen LogP contribution in [-0.2, 0) is 7.05 Å². The first-order valence-electron chi connectivity index (χ1n) is 8.35. The largest absolute Gasteiger partial charge is 0.497 e. The van der Waals surface area contributed by atoms with E-state index in [1.165, 1.54) is 27.3 Å². The van der Waals surface area contributed by atoms with Gasteiger partial charge in [0.05, 0.1) is 25.6 Å². The molecule has 1 N–H and O–H groups in total. The van der Waals surface area contributed by atoms with Crippen molar-refractivity contribution in [1.29, 1.82) is 0 Å². The molecular formula is C19H17ClN4O5. The van der Waals surface area contributed by atoms with E-state index in [9.17, 15) is 14.4 Å². The van der Waals surface area contributed by atoms with Crippen LogP contribution in [0.15, 0.2) is 52.1 Å². The number of hydrogen-bond acceptors (Lipinski definition) is 6. The number of nitrogens with one attached hydrogen (secondary N) is 1. The first-order chi connectivity index (χ1) is 13.8. The third kappa shape index (κ3) is 3.99. The average molecular weight is 417 g/mol. The van der Waals surface area contributed by atoms with Crippen molar-refractivity contribution in [2.75, 3.05) is 19.5 Å². The third-order valence-electron chi connectivity index (χ3n) is 4.12. The van der Waals surface area contributed by atoms with Crippen LogP contribution in [0.3, 0.4) is 0 Å². The number of hydrogen-bond donors (Lipinski definition) is 1. The summed E-state index contributed by atoms with van der Waals surface area (Å²) in [5, 5.41) is 6.89. The Balaban J connectivity index is 2.06. The number of benzene rings is 2. The summed E-state index contributed by atoms with van der Waals surface area (Å²) >= 11 is 5.97. The average Bonchev–Trinajstić information content (AvgIpc) is 2.72. The van der Waals surface area contributed by atoms with Crippen LogP contribution in [0.5, 0.6) is 11.5 Å². The van der Waals surface area contributed by atoms with Crippen LogP contribution in [0.1, 0.15) is 10.5 Å². The molecule has 0 spiro atoms. The van der Waals surface area contributed by atoms with E-state index in [4.69, 9.17) is 21.1 Å². The molecule has 0 saturated carbocycles. The second kappa shape index (κ2) is 8.19. The normalized spacial score (nSPS) is 10.5. The van der Waals surface area contributed by atoms with E-state index < -0.39 is 22.9 Å². The highest BCUT2D eigenvalue weighted by molar-refractivity contribution is 6.31. The van der Waals surface area contributed by atoms with E-state index in [1.54, 1.807) is 36.4 Å². The van der Waals surface area contributed by atoms with Crippen molar-refractivity contribution in [3.8, 4) is 17.2 Å². The highest BCUT2D eigenvalue weighted by atomic mass is 35.5. The van der Waals surface area contributed by atoms with E-state index in [1.807, 2.05) is 0 Å². The van der Waals surface area contributed by atoms with Gasteiger partial charge in [-0.05, 0) is 42.5 Å². The standard InChI is InChI=1S/C19H17ClN4O5/c1-23-18(26)16(17(25)21-14-10-11(20)4-9-15(14)29-3)22-24(19(23)27)12-5-7-13(28-2)8-6-12/h4-10H,1-3H3,(H,21,25). The van der Waals surface area contributed by atoms with E-state index >= 15 is 0 Å². The van der Waals surface area contributed by atoms with Gasteiger partial charge >= 0.3 is 5.69 Å². The van der Waals surface area contributed by atoms with Crippen molar-refractivity contribution < 1.29 is 14.3 Å². The summed E-state index contributed by atoms with van der Waals surface area (Å²) in [5.74, 6) is 0.120. The molecule has 1 heterocycles. The fourth-order valence-electron chi connectivity index (χ4n) is 2.57. The molecule has 0 radical (unpaired) electrons. The van der Waals surface area contributed by atoms with E-state index in [0.29, 0.717) is 22.2 Å². The Kier molecular flexibility index (Phi) is 5.69. The lowest BCUT2D eigenvalue weighted by molar-refractivity contribution is 0.101. The van der Waals surface area contributed by atoms with Crippen molar-refractivity contribution in [2.24, 2.45) is 7.05 Å². The van der Waals surface area contributed by atoms with Crippen LogP contribution in [0.2, 0.25) is 5.02 Å². The number of ether oxygens (including phenoxy) is 2. The Morgan fingerprint density at radius 1 is 1.07 bits per heavy atom. The molecule has 3 aromatic rings. The molecule has 10 heteroatoms. The Bertz CT molecular complexity index is 1180. The monoisotopic (exact) mass is 416 g/mol. The topological polar surface area (TPSA) is 104 Å². The molecule has 9 nitrogen and oxygen atoms in total. The molecule has 3 rings (SSSR count). The van der Waals surface area contributed by atoms with Crippen LogP contribution >= 0.6 is 11.6 Å². The Morgan fingerprint density at radius 2 is 1.76 bits per heavy atom. The number of carbonyl (C=O) groups excluding carboxylic acids is 1. The smallest absolute Gasteiger partial charge is 0.351 e. The molecule has 0 aliphatic heterocycles. The minimum atomic E-state index is -0.835. The maximum absolute atomic E-state index is 12.7. The zero-order valence-electron chi connectivity index (χ0n) is 15.8. The molecule has 0 unspecified atom stereocenters. The number of halogens is 1. The molecule has 1 aromatic heterocycles. The second-order valence-corrected chi connectivity index (χ2v) is 6.34. The minimum absolute atomic E-state index is 0.260. The van der Waals surface area contributed by atoms with Crippen LogP contribution in [0, 0.1) is 0 Å². The molecule has 0 bridgehead atoms. The summed E-state index contributed by atoms with van der Waals surface area (Å²) in [6, 6.07) is 11.1. The molecule has 2 aromatic carbocycles. The number of anilines is 1. The molecule has 150 valence electrons. The molecular weight excluding hydrogens is 400 g/mol. The predicted molar refractivity (Wildman–Crippen MR) is 108 cm³/mol. The van der Waals surface area contributed by atoms with Crippen LogP contribution < -0.4 is 26.0 Å². The maximum atomic E-state index is 12.7. The van der Waals surface area contributed by atoms with Gasteiger partial charge in [-0.15, -0.1) is 0 Å². The fraction of sp³-hybridized carbons (Fsp3) is 0.158. The second-order valence-electron chi connectivity index (χ2n) is 5.90. The molecule has 0 atom stereocenters. The third-order valence-corrected chi connectivity index (χ3v) is 4.35. The quantitative estimate of drug-likeness (QED) is 0.680. The van der Waals surface area contributed by atoms with Gasteiger partial charge in [-0.3, -0.25) is 14.2 Å². The Hall–Kier alpha value is -3.59. The van der Waals surface area contributed by atoms with Gasteiger partial charge in [-0.1, -0.05) is 11.6 Å². The highest BCUT2D eigenvalue weighted by Crippen LogP contribution is 2.27. The molecule has 0 fully saturated rings. The molecule has 29 heavy (non-hydrogen) atoms. The summed E-state index contributed by atoms with van der Waals surface area (Å²) in [6.45, 7) is 0. The first kappa shape index (κ1) is 20.2. The van der Waals surface area contributed by atoms with Crippen molar-refractivity contribution in [2.45, 2.75) is 0 Å². The van der Waals surface area contributed by atoms with Crippen LogP contribution in [0.4, 0.5) is 5.69 Å². The molecule has 0 aliphatic rings. The highest BCUT2D eigenvalue weighted by Gasteiger charge is 2.20. The van der Waals surface area contributed by atoms with Crippen LogP contribution in [0.25, 0.3) is 5.69 Å². The van der Waals surface area contributed by atoms with Crippen molar-refractivity contribution >= 4 is 23.2 Å². The molecule has 0 aliphatic carbocycles. The SMILES string of the molecule is COc1ccc(-n2nc(C(=O)Nc3cc(Cl)ccc3OC)c(=O)n(C)c2=O)cc1. The van der Waals surface area contributed by atoms with Gasteiger partial charge in [-0.2, -0.15) is 9.78 Å². The van der Waals surface area contributed by atoms with E-state index in [0.717, 1.165) is 9.25 Å². The zero-order chi connectivity index (χ0) is 21.1. The van der Waals surface area contributed by atoms with Gasteiger partial charge < -0.3 is 14.8 Å². The fourth-order valence-corrected chi connectivity index (χ4v) is 2.74. The number of amides is 1. The molecule has 1 amide bonds. The van der Waals surface area contributed by atoms with Gasteiger partial charge in [0.15, 0.2) is 0 Å². The number of aromatic nitrogens is 3. The number of methoxy groups -OCH3 is 2. The van der Waals surface area contributed by atoms with Gasteiger partial charge in [0.1, 0.15) is 11.5 Å². The predicted octanol–water partition coefficient (Wildman–Crippen LogP) is 1.85. The number of carbonyl (C=O) groups is 1. The molecule has 0 saturated heterocycles. The van der Waals surface area contributed by atoms with Crippen molar-refractivity contribution in [1.82, 2.24) is 14.3 Å². The lowest BCUT2D eigenvalue weighted by Gasteiger charge is -2.12. The number of nitrogens with zero attached hydrogens (tertiary/aromatic N) is 3.